The van der Waals surface area contributed by atoms with E-state index in [0.717, 1.165) is 24.8 Å². The van der Waals surface area contributed by atoms with Crippen LogP contribution in [-0.4, -0.2) is 36.9 Å². The molecule has 1 amide bonds. The molecule has 0 spiro atoms. The highest BCUT2D eigenvalue weighted by Crippen LogP contribution is 2.31. The van der Waals surface area contributed by atoms with Gasteiger partial charge in [0.1, 0.15) is 6.04 Å². The van der Waals surface area contributed by atoms with Crippen molar-refractivity contribution in [3.05, 3.63) is 48.1 Å². The molecule has 4 rings (SSSR count). The lowest BCUT2D eigenvalue weighted by Gasteiger charge is -2.33. The van der Waals surface area contributed by atoms with Crippen molar-refractivity contribution in [2.75, 3.05) is 6.54 Å². The minimum absolute atomic E-state index is 0.0128. The van der Waals surface area contributed by atoms with Gasteiger partial charge in [0, 0.05) is 12.7 Å². The fraction of sp³-hybridized carbons (Fsp3) is 0.375. The van der Waals surface area contributed by atoms with Gasteiger partial charge >= 0.3 is 0 Å². The first kappa shape index (κ1) is 13.9. The lowest BCUT2D eigenvalue weighted by atomic mass is 10.0. The van der Waals surface area contributed by atoms with Crippen LogP contribution in [0.3, 0.4) is 0 Å². The van der Waals surface area contributed by atoms with Crippen LogP contribution < -0.4 is 0 Å². The van der Waals surface area contributed by atoms with E-state index in [1.165, 1.54) is 0 Å². The molecule has 0 N–H and O–H groups in total. The number of aryl methyl sites for hydroxylation is 1. The summed E-state index contributed by atoms with van der Waals surface area (Å²) in [5.74, 6) is 1.11. The molecule has 1 aliphatic heterocycles. The summed E-state index contributed by atoms with van der Waals surface area (Å²) >= 11 is 0. The molecule has 0 radical (unpaired) electrons. The van der Waals surface area contributed by atoms with Gasteiger partial charge < -0.3 is 13.8 Å². The van der Waals surface area contributed by atoms with E-state index in [-0.39, 0.29) is 11.9 Å². The topological polar surface area (TPSA) is 76.5 Å². The van der Waals surface area contributed by atoms with Gasteiger partial charge in [-0.1, -0.05) is 5.16 Å². The SMILES string of the molecule is Cc1noc(C2CCCCN2C(=O)c2ccc3cncn3c2)n1. The molecule has 1 aliphatic rings. The highest BCUT2D eigenvalue weighted by atomic mass is 16.5. The number of carbonyl (C=O) groups is 1. The Balaban J connectivity index is 1.66. The van der Waals surface area contributed by atoms with Gasteiger partial charge in [0.25, 0.3) is 5.91 Å². The molecule has 1 saturated heterocycles. The largest absolute Gasteiger partial charge is 0.337 e. The third kappa shape index (κ3) is 2.48. The van der Waals surface area contributed by atoms with Crippen molar-refractivity contribution >= 4 is 11.4 Å². The highest BCUT2D eigenvalue weighted by Gasteiger charge is 2.32. The van der Waals surface area contributed by atoms with Crippen molar-refractivity contribution < 1.29 is 9.32 Å². The first-order valence-corrected chi connectivity index (χ1v) is 7.75. The maximum absolute atomic E-state index is 13.0. The average molecular weight is 311 g/mol. The van der Waals surface area contributed by atoms with E-state index in [2.05, 4.69) is 15.1 Å². The Hall–Kier alpha value is -2.70. The van der Waals surface area contributed by atoms with Crippen LogP contribution in [0.25, 0.3) is 5.52 Å². The minimum atomic E-state index is -0.143. The van der Waals surface area contributed by atoms with Crippen molar-refractivity contribution in [3.8, 4) is 0 Å². The number of amides is 1. The average Bonchev–Trinajstić information content (AvgIpc) is 3.22. The number of pyridine rings is 1. The zero-order valence-electron chi connectivity index (χ0n) is 12.8. The van der Waals surface area contributed by atoms with Gasteiger partial charge in [-0.2, -0.15) is 4.98 Å². The normalized spacial score (nSPS) is 18.5. The fourth-order valence-corrected chi connectivity index (χ4v) is 3.09. The summed E-state index contributed by atoms with van der Waals surface area (Å²) in [5.41, 5.74) is 1.60. The summed E-state index contributed by atoms with van der Waals surface area (Å²) in [6.07, 6.45) is 8.16. The Morgan fingerprint density at radius 1 is 1.35 bits per heavy atom. The molecule has 0 saturated carbocycles. The van der Waals surface area contributed by atoms with E-state index < -0.39 is 0 Å². The monoisotopic (exact) mass is 311 g/mol. The van der Waals surface area contributed by atoms with E-state index in [1.807, 2.05) is 27.6 Å². The van der Waals surface area contributed by atoms with Crippen molar-refractivity contribution in [2.45, 2.75) is 32.2 Å². The second-order valence-electron chi connectivity index (χ2n) is 5.83. The number of rotatable bonds is 2. The van der Waals surface area contributed by atoms with E-state index in [4.69, 9.17) is 4.52 Å². The van der Waals surface area contributed by atoms with Gasteiger partial charge in [-0.05, 0) is 38.3 Å². The molecule has 0 aliphatic carbocycles. The number of piperidine rings is 1. The molecule has 1 atom stereocenters. The van der Waals surface area contributed by atoms with Crippen LogP contribution >= 0.6 is 0 Å². The van der Waals surface area contributed by atoms with E-state index in [1.54, 1.807) is 19.4 Å². The number of carbonyl (C=O) groups excluding carboxylic acids is 1. The van der Waals surface area contributed by atoms with Gasteiger partial charge in [0.2, 0.25) is 5.89 Å². The molecular weight excluding hydrogens is 294 g/mol. The van der Waals surface area contributed by atoms with Crippen molar-refractivity contribution in [1.29, 1.82) is 0 Å². The molecule has 1 fully saturated rings. The van der Waals surface area contributed by atoms with Crippen LogP contribution in [0.1, 0.15) is 47.4 Å². The van der Waals surface area contributed by atoms with Gasteiger partial charge in [0.05, 0.1) is 23.6 Å². The van der Waals surface area contributed by atoms with Gasteiger partial charge in [-0.15, -0.1) is 0 Å². The van der Waals surface area contributed by atoms with Crippen LogP contribution in [-0.2, 0) is 0 Å². The summed E-state index contributed by atoms with van der Waals surface area (Å²) in [6, 6.07) is 3.59. The molecule has 3 aromatic rings. The van der Waals surface area contributed by atoms with Crippen LogP contribution in [0.4, 0.5) is 0 Å². The van der Waals surface area contributed by atoms with E-state index in [9.17, 15) is 4.79 Å². The summed E-state index contributed by atoms with van der Waals surface area (Å²) in [4.78, 5) is 23.2. The number of imidazole rings is 1. The maximum Gasteiger partial charge on any atom is 0.256 e. The van der Waals surface area contributed by atoms with E-state index >= 15 is 0 Å². The molecule has 118 valence electrons. The second kappa shape index (κ2) is 5.49. The van der Waals surface area contributed by atoms with Gasteiger partial charge in [-0.25, -0.2) is 4.98 Å². The summed E-state index contributed by atoms with van der Waals surface area (Å²) in [6.45, 7) is 2.49. The molecule has 7 nitrogen and oxygen atoms in total. The van der Waals surface area contributed by atoms with Crippen LogP contribution in [0.15, 0.2) is 35.4 Å². The van der Waals surface area contributed by atoms with Crippen LogP contribution in [0.5, 0.6) is 0 Å². The standard InChI is InChI=1S/C16H17N5O2/c1-11-18-15(23-19-11)14-4-2-3-7-21(14)16(22)12-5-6-13-8-17-10-20(13)9-12/h5-6,8-10,14H,2-4,7H2,1H3. The summed E-state index contributed by atoms with van der Waals surface area (Å²) < 4.78 is 7.16. The molecule has 0 aromatic carbocycles. The third-order valence-electron chi connectivity index (χ3n) is 4.25. The zero-order chi connectivity index (χ0) is 15.8. The minimum Gasteiger partial charge on any atom is -0.337 e. The molecule has 3 aromatic heterocycles. The second-order valence-corrected chi connectivity index (χ2v) is 5.83. The Morgan fingerprint density at radius 2 is 2.26 bits per heavy atom. The lowest BCUT2D eigenvalue weighted by molar-refractivity contribution is 0.0561. The molecule has 4 heterocycles. The van der Waals surface area contributed by atoms with Crippen molar-refractivity contribution in [1.82, 2.24) is 24.4 Å². The number of hydrogen-bond acceptors (Lipinski definition) is 5. The predicted molar refractivity (Wildman–Crippen MR) is 81.9 cm³/mol. The quantitative estimate of drug-likeness (QED) is 0.726. The highest BCUT2D eigenvalue weighted by molar-refractivity contribution is 5.94. The third-order valence-corrected chi connectivity index (χ3v) is 4.25. The van der Waals surface area contributed by atoms with Crippen molar-refractivity contribution in [3.63, 3.8) is 0 Å². The molecule has 1 unspecified atom stereocenters. The zero-order valence-corrected chi connectivity index (χ0v) is 12.8. The molecule has 23 heavy (non-hydrogen) atoms. The lowest BCUT2D eigenvalue weighted by Crippen LogP contribution is -2.38. The first-order valence-electron chi connectivity index (χ1n) is 7.75. The van der Waals surface area contributed by atoms with Crippen LogP contribution in [0.2, 0.25) is 0 Å². The Morgan fingerprint density at radius 3 is 3.09 bits per heavy atom. The summed E-state index contributed by atoms with van der Waals surface area (Å²) in [5, 5.41) is 3.86. The Labute approximate surface area is 132 Å². The predicted octanol–water partition coefficient (Wildman–Crippen LogP) is 2.39. The number of fused-ring (bicyclic) bond motifs is 1. The molecule has 7 heteroatoms. The maximum atomic E-state index is 13.0. The van der Waals surface area contributed by atoms with Gasteiger partial charge in [0.15, 0.2) is 5.82 Å². The number of nitrogens with zero attached hydrogens (tertiary/aromatic N) is 5. The molecule has 0 bridgehead atoms. The smallest absolute Gasteiger partial charge is 0.256 e. The van der Waals surface area contributed by atoms with Gasteiger partial charge in [-0.3, -0.25) is 4.79 Å². The number of hydrogen-bond donors (Lipinski definition) is 0. The summed E-state index contributed by atoms with van der Waals surface area (Å²) in [7, 11) is 0. The van der Waals surface area contributed by atoms with E-state index in [0.29, 0.717) is 23.8 Å². The number of aromatic nitrogens is 4. The number of likely N-dealkylation sites (tertiary alicyclic amines) is 1. The molecular formula is C16H17N5O2. The fourth-order valence-electron chi connectivity index (χ4n) is 3.09. The Bertz CT molecular complexity index is 853. The first-order chi connectivity index (χ1) is 11.2. The van der Waals surface area contributed by atoms with Crippen molar-refractivity contribution in [2.24, 2.45) is 0 Å². The van der Waals surface area contributed by atoms with Crippen LogP contribution in [0, 0.1) is 6.92 Å². The Kier molecular flexibility index (Phi) is 3.33.